The molecule has 2 aromatic carbocycles. The fourth-order valence-electron chi connectivity index (χ4n) is 2.72. The Balaban J connectivity index is 2.23. The van der Waals surface area contributed by atoms with Crippen LogP contribution in [-0.2, 0) is 15.7 Å². The average Bonchev–Trinajstić information content (AvgIpc) is 2.69. The van der Waals surface area contributed by atoms with Gasteiger partial charge in [0, 0.05) is 33.0 Å². The van der Waals surface area contributed by atoms with Crippen LogP contribution >= 0.6 is 0 Å². The second-order valence-corrected chi connectivity index (χ2v) is 6.06. The molecule has 0 spiro atoms. The van der Waals surface area contributed by atoms with Crippen LogP contribution in [0, 0.1) is 5.53 Å². The third-order valence-electron chi connectivity index (χ3n) is 4.23. The molecule has 0 unspecified atom stereocenters. The SMILES string of the molecule is COCCN(CCOC)c1ccc(C(=[N+]=N)c2ccc(C(F)(F)F)cc2)cc1. The third kappa shape index (κ3) is 5.66. The van der Waals surface area contributed by atoms with Crippen LogP contribution in [0.4, 0.5) is 18.9 Å². The van der Waals surface area contributed by atoms with Crippen molar-refractivity contribution in [1.82, 2.24) is 0 Å². The summed E-state index contributed by atoms with van der Waals surface area (Å²) in [6.07, 6.45) is -4.40. The van der Waals surface area contributed by atoms with E-state index in [4.69, 9.17) is 15.0 Å². The number of ether oxygens (including phenoxy) is 2. The van der Waals surface area contributed by atoms with E-state index in [1.54, 1.807) is 26.4 Å². The highest BCUT2D eigenvalue weighted by molar-refractivity contribution is 6.09. The largest absolute Gasteiger partial charge is 0.416 e. The fourth-order valence-corrected chi connectivity index (χ4v) is 2.72. The van der Waals surface area contributed by atoms with Gasteiger partial charge in [0.15, 0.2) is 0 Å². The van der Waals surface area contributed by atoms with Crippen molar-refractivity contribution in [2.75, 3.05) is 45.4 Å². The Hall–Kier alpha value is -2.67. The molecule has 0 fully saturated rings. The number of hydrogen-bond acceptors (Lipinski definition) is 4. The minimum atomic E-state index is -4.40. The molecule has 150 valence electrons. The van der Waals surface area contributed by atoms with Crippen molar-refractivity contribution in [2.45, 2.75) is 6.18 Å². The lowest BCUT2D eigenvalue weighted by molar-refractivity contribution is -0.137. The topological polar surface area (TPSA) is 59.7 Å². The van der Waals surface area contributed by atoms with Gasteiger partial charge in [-0.1, -0.05) is 0 Å². The van der Waals surface area contributed by atoms with Gasteiger partial charge in [-0.3, -0.25) is 0 Å². The quantitative estimate of drug-likeness (QED) is 0.399. The molecule has 5 nitrogen and oxygen atoms in total. The predicted octanol–water partition coefficient (Wildman–Crippen LogP) is 3.88. The van der Waals surface area contributed by atoms with Crippen molar-refractivity contribution in [1.29, 1.82) is 5.53 Å². The molecule has 8 heteroatoms. The van der Waals surface area contributed by atoms with Crippen molar-refractivity contribution in [3.05, 3.63) is 65.2 Å². The molecule has 0 aliphatic heterocycles. The molecule has 0 amide bonds. The summed E-state index contributed by atoms with van der Waals surface area (Å²) in [6, 6.07) is 12.0. The zero-order chi connectivity index (χ0) is 20.6. The van der Waals surface area contributed by atoms with Crippen LogP contribution in [0.3, 0.4) is 0 Å². The van der Waals surface area contributed by atoms with Gasteiger partial charge in [0.05, 0.1) is 40.2 Å². The first-order valence-corrected chi connectivity index (χ1v) is 8.66. The summed E-state index contributed by atoms with van der Waals surface area (Å²) in [4.78, 5) is 5.63. The number of alkyl halides is 3. The maximum atomic E-state index is 12.7. The number of benzene rings is 2. The van der Waals surface area contributed by atoms with Gasteiger partial charge >= 0.3 is 11.9 Å². The molecular formula is C20H23F3N3O2+. The zero-order valence-electron chi connectivity index (χ0n) is 15.8. The van der Waals surface area contributed by atoms with Crippen molar-refractivity contribution in [3.8, 4) is 0 Å². The Morgan fingerprint density at radius 3 is 1.75 bits per heavy atom. The third-order valence-corrected chi connectivity index (χ3v) is 4.23. The van der Waals surface area contributed by atoms with Crippen LogP contribution in [0.15, 0.2) is 48.5 Å². The number of nitrogens with one attached hydrogen (secondary N) is 1. The smallest absolute Gasteiger partial charge is 0.383 e. The molecule has 28 heavy (non-hydrogen) atoms. The summed E-state index contributed by atoms with van der Waals surface area (Å²) in [5, 5.41) is 0. The second-order valence-electron chi connectivity index (χ2n) is 6.06. The summed E-state index contributed by atoms with van der Waals surface area (Å²) in [7, 11) is 3.28. The predicted molar refractivity (Wildman–Crippen MR) is 100 cm³/mol. The van der Waals surface area contributed by atoms with Crippen molar-refractivity contribution >= 4 is 11.4 Å². The van der Waals surface area contributed by atoms with Crippen LogP contribution in [0.2, 0.25) is 0 Å². The van der Waals surface area contributed by atoms with Gasteiger partial charge in [-0.15, -0.1) is 0 Å². The lowest BCUT2D eigenvalue weighted by atomic mass is 10.0. The van der Waals surface area contributed by atoms with Crippen LogP contribution < -0.4 is 4.90 Å². The molecule has 0 heterocycles. The lowest BCUT2D eigenvalue weighted by Gasteiger charge is -2.24. The van der Waals surface area contributed by atoms with Gasteiger partial charge in [0.1, 0.15) is 0 Å². The normalized spacial score (nSPS) is 11.2. The van der Waals surface area contributed by atoms with Gasteiger partial charge in [-0.05, 0) is 48.5 Å². The van der Waals surface area contributed by atoms with Crippen molar-refractivity contribution in [2.24, 2.45) is 0 Å². The van der Waals surface area contributed by atoms with Crippen molar-refractivity contribution in [3.63, 3.8) is 0 Å². The Bertz CT molecular complexity index is 791. The Morgan fingerprint density at radius 1 is 0.893 bits per heavy atom. The van der Waals surface area contributed by atoms with E-state index in [0.717, 1.165) is 17.8 Å². The average molecular weight is 394 g/mol. The zero-order valence-corrected chi connectivity index (χ0v) is 15.8. The van der Waals surface area contributed by atoms with E-state index in [1.807, 2.05) is 12.1 Å². The number of rotatable bonds is 9. The van der Waals surface area contributed by atoms with Gasteiger partial charge < -0.3 is 14.4 Å². The summed E-state index contributed by atoms with van der Waals surface area (Å²) < 4.78 is 48.5. The Kier molecular flexibility index (Phi) is 7.75. The molecule has 0 aromatic heterocycles. The number of halogens is 3. The van der Waals surface area contributed by atoms with E-state index in [-0.39, 0.29) is 0 Å². The van der Waals surface area contributed by atoms with Crippen molar-refractivity contribution < 1.29 is 27.4 Å². The number of anilines is 1. The number of hydrogen-bond donors (Lipinski definition) is 1. The molecule has 0 bridgehead atoms. The van der Waals surface area contributed by atoms with Gasteiger partial charge in [0.2, 0.25) is 0 Å². The highest BCUT2D eigenvalue weighted by Gasteiger charge is 2.30. The molecule has 0 atom stereocenters. The first-order chi connectivity index (χ1) is 13.4. The molecule has 2 rings (SSSR count). The van der Waals surface area contributed by atoms with E-state index in [2.05, 4.69) is 9.69 Å². The van der Waals surface area contributed by atoms with Gasteiger partial charge in [0.25, 0.3) is 0 Å². The van der Waals surface area contributed by atoms with E-state index < -0.39 is 11.7 Å². The molecule has 0 radical (unpaired) electrons. The first kappa shape index (κ1) is 21.6. The van der Waals surface area contributed by atoms with Crippen LogP contribution in [-0.4, -0.2) is 51.0 Å². The van der Waals surface area contributed by atoms with Crippen LogP contribution in [0.25, 0.3) is 0 Å². The van der Waals surface area contributed by atoms with E-state index in [9.17, 15) is 13.2 Å². The molecule has 1 N–H and O–H groups in total. The highest BCUT2D eigenvalue weighted by Crippen LogP contribution is 2.29. The summed E-state index contributed by atoms with van der Waals surface area (Å²) in [5.74, 6) is 0. The minimum absolute atomic E-state index is 0.306. The molecule has 2 aromatic rings. The van der Waals surface area contributed by atoms with E-state index in [0.29, 0.717) is 43.1 Å². The maximum absolute atomic E-state index is 12.7. The maximum Gasteiger partial charge on any atom is 0.416 e. The molecule has 0 saturated carbocycles. The highest BCUT2D eigenvalue weighted by atomic mass is 19.4. The first-order valence-electron chi connectivity index (χ1n) is 8.66. The molecule has 0 aliphatic carbocycles. The van der Waals surface area contributed by atoms with Gasteiger partial charge in [-0.25, -0.2) is 0 Å². The Labute approximate surface area is 161 Å². The summed E-state index contributed by atoms with van der Waals surface area (Å²) in [6.45, 7) is 2.52. The van der Waals surface area contributed by atoms with E-state index >= 15 is 0 Å². The van der Waals surface area contributed by atoms with Crippen LogP contribution in [0.1, 0.15) is 16.7 Å². The summed E-state index contributed by atoms with van der Waals surface area (Å²) >= 11 is 0. The molecule has 0 aliphatic rings. The fraction of sp³-hybridized carbons (Fsp3) is 0.350. The summed E-state index contributed by atoms with van der Waals surface area (Å²) in [5.41, 5.74) is 9.08. The number of methoxy groups -OCH3 is 2. The van der Waals surface area contributed by atoms with Gasteiger partial charge in [-0.2, -0.15) is 13.2 Å². The lowest BCUT2D eigenvalue weighted by Crippen LogP contribution is -2.30. The van der Waals surface area contributed by atoms with Crippen LogP contribution in [0.5, 0.6) is 0 Å². The molecule has 0 saturated heterocycles. The second kappa shape index (κ2) is 10.0. The standard InChI is InChI=1S/C20H23F3N3O2/c1-27-13-11-26(12-14-28-2)18-9-5-16(6-10-18)19(25-24)15-3-7-17(8-4-15)20(21,22)23/h3-10,24H,11-14H2,1-2H3/q+1. The Morgan fingerprint density at radius 2 is 1.36 bits per heavy atom. The van der Waals surface area contributed by atoms with E-state index in [1.165, 1.54) is 12.1 Å². The number of nitrogens with zero attached hydrogens (tertiary/aromatic N) is 2. The minimum Gasteiger partial charge on any atom is -0.383 e. The monoisotopic (exact) mass is 394 g/mol. The molecular weight excluding hydrogens is 371 g/mol.